The number of amides is 1. The summed E-state index contributed by atoms with van der Waals surface area (Å²) in [5.74, 6) is 0.530. The number of benzene rings is 1. The van der Waals surface area contributed by atoms with Gasteiger partial charge in [0, 0.05) is 38.8 Å². The zero-order valence-electron chi connectivity index (χ0n) is 16.5. The summed E-state index contributed by atoms with van der Waals surface area (Å²) >= 11 is 0. The van der Waals surface area contributed by atoms with Crippen LogP contribution in [0.15, 0.2) is 29.2 Å². The molecule has 1 saturated carbocycles. The van der Waals surface area contributed by atoms with E-state index in [1.54, 1.807) is 0 Å². The van der Waals surface area contributed by atoms with E-state index in [2.05, 4.69) is 5.32 Å². The number of para-hydroxylation sites is 1. The molecule has 2 fully saturated rings. The number of nitrogens with zero attached hydrogens (tertiary/aromatic N) is 3. The normalized spacial score (nSPS) is 19.7. The molecule has 1 aromatic rings. The quantitative estimate of drug-likeness (QED) is 0.525. The Bertz CT molecular complexity index is 831. The summed E-state index contributed by atoms with van der Waals surface area (Å²) in [6.45, 7) is 2.18. The van der Waals surface area contributed by atoms with Crippen molar-refractivity contribution in [3.63, 3.8) is 0 Å². The minimum absolute atomic E-state index is 0.0365. The van der Waals surface area contributed by atoms with Crippen molar-refractivity contribution in [1.29, 1.82) is 0 Å². The molecule has 0 bridgehead atoms. The van der Waals surface area contributed by atoms with Crippen LogP contribution in [0.25, 0.3) is 0 Å². The molecule has 1 aliphatic carbocycles. The fourth-order valence-corrected chi connectivity index (χ4v) is 5.58. The highest BCUT2D eigenvalue weighted by atomic mass is 32.2. The van der Waals surface area contributed by atoms with E-state index in [9.17, 15) is 23.3 Å². The van der Waals surface area contributed by atoms with E-state index < -0.39 is 20.6 Å². The van der Waals surface area contributed by atoms with Gasteiger partial charge in [0.05, 0.1) is 11.5 Å². The second-order valence-corrected chi connectivity index (χ2v) is 9.62. The molecular weight excluding hydrogens is 396 g/mol. The highest BCUT2D eigenvalue weighted by molar-refractivity contribution is 7.89. The van der Waals surface area contributed by atoms with Crippen LogP contribution in [0.3, 0.4) is 0 Å². The maximum Gasteiger partial charge on any atom is 0.289 e. The summed E-state index contributed by atoms with van der Waals surface area (Å²) in [5.41, 5.74) is -0.419. The van der Waals surface area contributed by atoms with Gasteiger partial charge in [-0.3, -0.25) is 19.8 Å². The maximum atomic E-state index is 12.8. The SMILES string of the molecule is O=C(CN1CCN(S(=O)(=O)c2ccccc2[N+](=O)[O-])CC1)NCC1CCCCC1. The molecule has 9 nitrogen and oxygen atoms in total. The minimum Gasteiger partial charge on any atom is -0.355 e. The molecule has 0 aromatic heterocycles. The van der Waals surface area contributed by atoms with Crippen LogP contribution in [0.4, 0.5) is 5.69 Å². The number of hydrogen-bond acceptors (Lipinski definition) is 6. The van der Waals surface area contributed by atoms with Crippen LogP contribution >= 0.6 is 0 Å². The first-order valence-electron chi connectivity index (χ1n) is 10.1. The van der Waals surface area contributed by atoms with E-state index in [0.717, 1.165) is 0 Å². The molecular formula is C19H28N4O5S. The zero-order valence-corrected chi connectivity index (χ0v) is 17.3. The van der Waals surface area contributed by atoms with Crippen molar-refractivity contribution in [1.82, 2.24) is 14.5 Å². The highest BCUT2D eigenvalue weighted by Crippen LogP contribution is 2.27. The van der Waals surface area contributed by atoms with E-state index in [1.165, 1.54) is 60.7 Å². The average molecular weight is 425 g/mol. The Kier molecular flexibility index (Phi) is 7.20. The number of nitro groups is 1. The van der Waals surface area contributed by atoms with Gasteiger partial charge in [-0.05, 0) is 24.8 Å². The standard InChI is InChI=1S/C19H28N4O5S/c24-19(20-14-16-6-2-1-3-7-16)15-21-10-12-22(13-11-21)29(27,28)18-9-5-4-8-17(18)23(25)26/h4-5,8-9,16H,1-3,6-7,10-15H2,(H,20,24). The van der Waals surface area contributed by atoms with Crippen LogP contribution in [-0.2, 0) is 14.8 Å². The lowest BCUT2D eigenvalue weighted by molar-refractivity contribution is -0.387. The van der Waals surface area contributed by atoms with Crippen molar-refractivity contribution in [2.45, 2.75) is 37.0 Å². The molecule has 10 heteroatoms. The second-order valence-electron chi connectivity index (χ2n) is 7.71. The molecule has 1 heterocycles. The summed E-state index contributed by atoms with van der Waals surface area (Å²) in [7, 11) is -3.95. The Morgan fingerprint density at radius 1 is 1.10 bits per heavy atom. The molecule has 160 valence electrons. The fourth-order valence-electron chi connectivity index (χ4n) is 4.00. The van der Waals surface area contributed by atoms with Crippen LogP contribution in [0.1, 0.15) is 32.1 Å². The number of nitrogens with one attached hydrogen (secondary N) is 1. The molecule has 1 amide bonds. The number of sulfonamides is 1. The van der Waals surface area contributed by atoms with E-state index in [-0.39, 0.29) is 30.4 Å². The van der Waals surface area contributed by atoms with Gasteiger partial charge >= 0.3 is 0 Å². The van der Waals surface area contributed by atoms with Gasteiger partial charge in [-0.25, -0.2) is 8.42 Å². The number of hydrogen-bond donors (Lipinski definition) is 1. The second kappa shape index (κ2) is 9.64. The minimum atomic E-state index is -3.95. The zero-order chi connectivity index (χ0) is 20.9. The molecule has 0 spiro atoms. The van der Waals surface area contributed by atoms with Crippen molar-refractivity contribution < 1.29 is 18.1 Å². The molecule has 1 aliphatic heterocycles. The highest BCUT2D eigenvalue weighted by Gasteiger charge is 2.33. The van der Waals surface area contributed by atoms with Crippen LogP contribution in [0.5, 0.6) is 0 Å². The Morgan fingerprint density at radius 3 is 2.41 bits per heavy atom. The third kappa shape index (κ3) is 5.52. The van der Waals surface area contributed by atoms with Crippen LogP contribution in [-0.4, -0.2) is 67.7 Å². The van der Waals surface area contributed by atoms with Gasteiger partial charge in [0.15, 0.2) is 4.90 Å². The summed E-state index contributed by atoms with van der Waals surface area (Å²) in [5, 5.41) is 14.2. The van der Waals surface area contributed by atoms with Crippen LogP contribution in [0, 0.1) is 16.0 Å². The number of nitro benzene ring substituents is 1. The van der Waals surface area contributed by atoms with Gasteiger partial charge in [0.2, 0.25) is 15.9 Å². The molecule has 1 aromatic carbocycles. The first-order valence-corrected chi connectivity index (χ1v) is 11.5. The summed E-state index contributed by atoms with van der Waals surface area (Å²) in [4.78, 5) is 24.3. The predicted octanol–water partition coefficient (Wildman–Crippen LogP) is 1.60. The van der Waals surface area contributed by atoms with Gasteiger partial charge in [0.25, 0.3) is 5.69 Å². The number of carbonyl (C=O) groups excluding carboxylic acids is 1. The van der Waals surface area contributed by atoms with E-state index in [1.807, 2.05) is 4.90 Å². The molecule has 1 saturated heterocycles. The van der Waals surface area contributed by atoms with Gasteiger partial charge in [-0.2, -0.15) is 4.31 Å². The van der Waals surface area contributed by atoms with Crippen molar-refractivity contribution in [3.05, 3.63) is 34.4 Å². The molecule has 0 radical (unpaired) electrons. The van der Waals surface area contributed by atoms with Gasteiger partial charge in [-0.1, -0.05) is 31.4 Å². The van der Waals surface area contributed by atoms with Crippen molar-refractivity contribution in [3.8, 4) is 0 Å². The number of carbonyl (C=O) groups is 1. The molecule has 0 atom stereocenters. The van der Waals surface area contributed by atoms with Crippen LogP contribution in [0.2, 0.25) is 0 Å². The van der Waals surface area contributed by atoms with Gasteiger partial charge < -0.3 is 5.32 Å². The Morgan fingerprint density at radius 2 is 1.76 bits per heavy atom. The fraction of sp³-hybridized carbons (Fsp3) is 0.632. The smallest absolute Gasteiger partial charge is 0.289 e. The average Bonchev–Trinajstić information content (AvgIpc) is 2.73. The molecule has 29 heavy (non-hydrogen) atoms. The Hall–Kier alpha value is -2.04. The molecule has 1 N–H and O–H groups in total. The molecule has 3 rings (SSSR count). The summed E-state index contributed by atoms with van der Waals surface area (Å²) in [6, 6.07) is 5.38. The summed E-state index contributed by atoms with van der Waals surface area (Å²) < 4.78 is 26.9. The lowest BCUT2D eigenvalue weighted by atomic mass is 9.89. The Labute approximate surface area is 171 Å². The first kappa shape index (κ1) is 21.7. The van der Waals surface area contributed by atoms with E-state index in [4.69, 9.17) is 0 Å². The monoisotopic (exact) mass is 424 g/mol. The van der Waals surface area contributed by atoms with Gasteiger partial charge in [-0.15, -0.1) is 0 Å². The van der Waals surface area contributed by atoms with E-state index >= 15 is 0 Å². The Balaban J connectivity index is 1.51. The summed E-state index contributed by atoms with van der Waals surface area (Å²) in [6.07, 6.45) is 6.09. The van der Waals surface area contributed by atoms with E-state index in [0.29, 0.717) is 25.6 Å². The number of rotatable bonds is 7. The van der Waals surface area contributed by atoms with Crippen molar-refractivity contribution in [2.75, 3.05) is 39.3 Å². The third-order valence-electron chi connectivity index (χ3n) is 5.69. The predicted molar refractivity (Wildman–Crippen MR) is 108 cm³/mol. The topological polar surface area (TPSA) is 113 Å². The lowest BCUT2D eigenvalue weighted by Gasteiger charge is -2.33. The third-order valence-corrected chi connectivity index (χ3v) is 7.64. The van der Waals surface area contributed by atoms with Crippen molar-refractivity contribution >= 4 is 21.6 Å². The number of piperazine rings is 1. The maximum absolute atomic E-state index is 12.8. The molecule has 2 aliphatic rings. The van der Waals surface area contributed by atoms with Crippen LogP contribution < -0.4 is 5.32 Å². The lowest BCUT2D eigenvalue weighted by Crippen LogP contribution is -2.51. The van der Waals surface area contributed by atoms with Crippen molar-refractivity contribution in [2.24, 2.45) is 5.92 Å². The largest absolute Gasteiger partial charge is 0.355 e. The molecule has 0 unspecified atom stereocenters. The van der Waals surface area contributed by atoms with Gasteiger partial charge in [0.1, 0.15) is 0 Å². The first-order chi connectivity index (χ1) is 13.9.